The summed E-state index contributed by atoms with van der Waals surface area (Å²) in [4.78, 5) is 18.1. The highest BCUT2D eigenvalue weighted by Gasteiger charge is 2.28. The number of thiazole rings is 1. The molecular formula is C14H16ClN5S. The van der Waals surface area contributed by atoms with Gasteiger partial charge in [-0.05, 0) is 12.8 Å². The van der Waals surface area contributed by atoms with Crippen molar-refractivity contribution in [2.45, 2.75) is 18.8 Å². The quantitative estimate of drug-likeness (QED) is 0.813. The average Bonchev–Trinajstić information content (AvgIpc) is 3.22. The third-order valence-corrected chi connectivity index (χ3v) is 4.96. The molecule has 0 unspecified atom stereocenters. The van der Waals surface area contributed by atoms with E-state index in [9.17, 15) is 0 Å². The van der Waals surface area contributed by atoms with Crippen molar-refractivity contribution in [2.24, 2.45) is 0 Å². The summed E-state index contributed by atoms with van der Waals surface area (Å²) < 4.78 is 0. The van der Waals surface area contributed by atoms with E-state index in [0.717, 1.165) is 43.0 Å². The van der Waals surface area contributed by atoms with Crippen molar-refractivity contribution in [2.75, 3.05) is 36.0 Å². The topological polar surface area (TPSA) is 45.2 Å². The summed E-state index contributed by atoms with van der Waals surface area (Å²) in [5.41, 5.74) is 0. The summed E-state index contributed by atoms with van der Waals surface area (Å²) in [5, 5.41) is 3.69. The van der Waals surface area contributed by atoms with Crippen LogP contribution in [-0.4, -0.2) is 41.1 Å². The molecule has 1 aliphatic heterocycles. The predicted molar refractivity (Wildman–Crippen MR) is 85.6 cm³/mol. The maximum absolute atomic E-state index is 6.15. The molecule has 21 heavy (non-hydrogen) atoms. The van der Waals surface area contributed by atoms with Crippen LogP contribution in [0.15, 0.2) is 17.6 Å². The fourth-order valence-electron chi connectivity index (χ4n) is 2.61. The molecular weight excluding hydrogens is 306 g/mol. The van der Waals surface area contributed by atoms with E-state index in [1.54, 1.807) is 11.3 Å². The fraction of sp³-hybridized carbons (Fsp3) is 0.500. The summed E-state index contributed by atoms with van der Waals surface area (Å²) in [6.45, 7) is 3.82. The van der Waals surface area contributed by atoms with Gasteiger partial charge in [0.15, 0.2) is 5.13 Å². The van der Waals surface area contributed by atoms with E-state index >= 15 is 0 Å². The molecule has 0 aromatic carbocycles. The number of nitrogens with zero attached hydrogens (tertiary/aromatic N) is 5. The second-order valence-electron chi connectivity index (χ2n) is 5.47. The molecule has 4 rings (SSSR count). The minimum atomic E-state index is 0.527. The van der Waals surface area contributed by atoms with E-state index < -0.39 is 0 Å². The largest absolute Gasteiger partial charge is 0.353 e. The number of aromatic nitrogens is 3. The molecule has 0 bridgehead atoms. The Kier molecular flexibility index (Phi) is 3.43. The van der Waals surface area contributed by atoms with Gasteiger partial charge in [-0.3, -0.25) is 0 Å². The van der Waals surface area contributed by atoms with Gasteiger partial charge in [0, 0.05) is 49.7 Å². The van der Waals surface area contributed by atoms with Crippen molar-refractivity contribution in [3.05, 3.63) is 28.6 Å². The van der Waals surface area contributed by atoms with Gasteiger partial charge in [0.05, 0.1) is 0 Å². The third-order valence-electron chi connectivity index (χ3n) is 3.93. The smallest absolute Gasteiger partial charge is 0.185 e. The van der Waals surface area contributed by atoms with Crippen LogP contribution in [0.4, 0.5) is 10.9 Å². The highest BCUT2D eigenvalue weighted by atomic mass is 35.5. The predicted octanol–water partition coefficient (Wildman–Crippen LogP) is 2.79. The van der Waals surface area contributed by atoms with Crippen LogP contribution in [0, 0.1) is 0 Å². The molecule has 2 aliphatic rings. The number of hydrogen-bond acceptors (Lipinski definition) is 6. The van der Waals surface area contributed by atoms with Crippen LogP contribution < -0.4 is 9.80 Å². The van der Waals surface area contributed by atoms with E-state index in [1.165, 1.54) is 12.8 Å². The van der Waals surface area contributed by atoms with Gasteiger partial charge in [-0.1, -0.05) is 11.6 Å². The van der Waals surface area contributed by atoms with Gasteiger partial charge >= 0.3 is 0 Å². The Labute approximate surface area is 132 Å². The van der Waals surface area contributed by atoms with Gasteiger partial charge in [-0.15, -0.1) is 11.3 Å². The Balaban J connectivity index is 1.48. The normalized spacial score (nSPS) is 19.1. The summed E-state index contributed by atoms with van der Waals surface area (Å²) in [5.74, 6) is 2.41. The lowest BCUT2D eigenvalue weighted by molar-refractivity contribution is 0.643. The molecule has 0 atom stereocenters. The van der Waals surface area contributed by atoms with Crippen molar-refractivity contribution in [1.29, 1.82) is 0 Å². The van der Waals surface area contributed by atoms with Crippen LogP contribution in [0.1, 0.15) is 24.6 Å². The minimum absolute atomic E-state index is 0.527. The molecule has 110 valence electrons. The first-order valence-corrected chi connectivity index (χ1v) is 8.49. The maximum Gasteiger partial charge on any atom is 0.185 e. The minimum Gasteiger partial charge on any atom is -0.353 e. The van der Waals surface area contributed by atoms with Crippen molar-refractivity contribution < 1.29 is 0 Å². The van der Waals surface area contributed by atoms with Gasteiger partial charge in [0.2, 0.25) is 0 Å². The maximum atomic E-state index is 6.15. The van der Waals surface area contributed by atoms with Crippen LogP contribution in [-0.2, 0) is 0 Å². The summed E-state index contributed by atoms with van der Waals surface area (Å²) in [6, 6.07) is 1.88. The van der Waals surface area contributed by atoms with Gasteiger partial charge < -0.3 is 9.80 Å². The van der Waals surface area contributed by atoms with Gasteiger partial charge in [0.1, 0.15) is 16.8 Å². The first-order valence-electron chi connectivity index (χ1n) is 7.23. The number of halogens is 1. The van der Waals surface area contributed by atoms with Gasteiger partial charge in [-0.2, -0.15) is 0 Å². The standard InChI is InChI=1S/C14H16ClN5S/c15-11-9-12(18-13(17-11)10-1-2-10)19-4-6-20(7-5-19)14-16-3-8-21-14/h3,8-10H,1-2,4-7H2. The van der Waals surface area contributed by atoms with Crippen LogP contribution in [0.5, 0.6) is 0 Å². The van der Waals surface area contributed by atoms with Crippen molar-refractivity contribution in [3.63, 3.8) is 0 Å². The molecule has 0 radical (unpaired) electrons. The zero-order chi connectivity index (χ0) is 14.2. The lowest BCUT2D eigenvalue weighted by Crippen LogP contribution is -2.46. The first-order chi connectivity index (χ1) is 10.3. The number of hydrogen-bond donors (Lipinski definition) is 0. The highest BCUT2D eigenvalue weighted by molar-refractivity contribution is 7.13. The van der Waals surface area contributed by atoms with Crippen LogP contribution in [0.25, 0.3) is 0 Å². The van der Waals surface area contributed by atoms with E-state index in [1.807, 2.05) is 17.6 Å². The number of rotatable bonds is 3. The molecule has 5 nitrogen and oxygen atoms in total. The Morgan fingerprint density at radius 2 is 1.86 bits per heavy atom. The van der Waals surface area contributed by atoms with Crippen LogP contribution >= 0.6 is 22.9 Å². The zero-order valence-corrected chi connectivity index (χ0v) is 13.1. The molecule has 0 N–H and O–H groups in total. The van der Waals surface area contributed by atoms with Crippen molar-refractivity contribution in [3.8, 4) is 0 Å². The SMILES string of the molecule is Clc1cc(N2CCN(c3nccs3)CC2)nc(C2CC2)n1. The monoisotopic (exact) mass is 321 g/mol. The first kappa shape index (κ1) is 13.3. The number of anilines is 2. The summed E-state index contributed by atoms with van der Waals surface area (Å²) >= 11 is 7.85. The molecule has 2 aromatic heterocycles. The molecule has 0 amide bonds. The summed E-state index contributed by atoms with van der Waals surface area (Å²) in [6.07, 6.45) is 4.24. The Morgan fingerprint density at radius 1 is 1.10 bits per heavy atom. The molecule has 0 spiro atoms. The zero-order valence-electron chi connectivity index (χ0n) is 11.6. The molecule has 1 saturated carbocycles. The van der Waals surface area contributed by atoms with E-state index in [-0.39, 0.29) is 0 Å². The molecule has 7 heteroatoms. The Bertz CT molecular complexity index is 620. The Morgan fingerprint density at radius 3 is 2.52 bits per heavy atom. The second kappa shape index (κ2) is 5.42. The fourth-order valence-corrected chi connectivity index (χ4v) is 3.49. The van der Waals surface area contributed by atoms with E-state index in [0.29, 0.717) is 11.1 Å². The van der Waals surface area contributed by atoms with E-state index in [4.69, 9.17) is 16.6 Å². The summed E-state index contributed by atoms with van der Waals surface area (Å²) in [7, 11) is 0. The van der Waals surface area contributed by atoms with Gasteiger partial charge in [-0.25, -0.2) is 15.0 Å². The lowest BCUT2D eigenvalue weighted by atomic mass is 10.3. The molecule has 1 saturated heterocycles. The average molecular weight is 322 g/mol. The van der Waals surface area contributed by atoms with Crippen molar-refractivity contribution >= 4 is 33.9 Å². The third kappa shape index (κ3) is 2.82. The van der Waals surface area contributed by atoms with Crippen LogP contribution in [0.3, 0.4) is 0 Å². The number of piperazine rings is 1. The van der Waals surface area contributed by atoms with Crippen LogP contribution in [0.2, 0.25) is 5.15 Å². The molecule has 2 aromatic rings. The van der Waals surface area contributed by atoms with Crippen molar-refractivity contribution in [1.82, 2.24) is 15.0 Å². The lowest BCUT2D eigenvalue weighted by Gasteiger charge is -2.35. The molecule has 2 fully saturated rings. The highest BCUT2D eigenvalue weighted by Crippen LogP contribution is 2.39. The van der Waals surface area contributed by atoms with Gasteiger partial charge in [0.25, 0.3) is 0 Å². The second-order valence-corrected chi connectivity index (χ2v) is 6.73. The molecule has 1 aliphatic carbocycles. The molecule has 3 heterocycles. The van der Waals surface area contributed by atoms with E-state index in [2.05, 4.69) is 19.8 Å². The Hall–Kier alpha value is -1.40.